The Morgan fingerprint density at radius 2 is 2.29 bits per heavy atom. The molecule has 1 aromatic heterocycles. The fraction of sp³-hybridized carbons (Fsp3) is 0.500. The van der Waals surface area contributed by atoms with Crippen LogP contribution < -0.4 is 5.82 Å². The molecular weight excluding hydrogens is 212 g/mol. The fourth-order valence-electron chi connectivity index (χ4n) is 0.933. The molecule has 5 nitrogen and oxygen atoms in total. The van der Waals surface area contributed by atoms with Gasteiger partial charge in [-0.1, -0.05) is 0 Å². The molecule has 1 aromatic rings. The van der Waals surface area contributed by atoms with Gasteiger partial charge >= 0.3 is 11.3 Å². The summed E-state index contributed by atoms with van der Waals surface area (Å²) in [6.07, 6.45) is 3.24. The molecule has 1 rings (SSSR count). The molecule has 0 radical (unpaired) electrons. The molecule has 0 aliphatic heterocycles. The van der Waals surface area contributed by atoms with E-state index in [-0.39, 0.29) is 6.61 Å². The number of ether oxygens (including phenoxy) is 1. The van der Waals surface area contributed by atoms with Crippen LogP contribution in [0.2, 0.25) is 0 Å². The SMILES string of the molecule is O=C(Cl)OCCCCc1coc(=O)o1. The van der Waals surface area contributed by atoms with E-state index in [1.54, 1.807) is 0 Å². The Morgan fingerprint density at radius 1 is 1.50 bits per heavy atom. The topological polar surface area (TPSA) is 69.7 Å². The largest absolute Gasteiger partial charge is 0.518 e. The lowest BCUT2D eigenvalue weighted by Crippen LogP contribution is -1.97. The molecule has 14 heavy (non-hydrogen) atoms. The van der Waals surface area contributed by atoms with Gasteiger partial charge in [-0.3, -0.25) is 0 Å². The van der Waals surface area contributed by atoms with Crippen LogP contribution in [0.3, 0.4) is 0 Å². The van der Waals surface area contributed by atoms with Crippen molar-refractivity contribution in [2.75, 3.05) is 6.61 Å². The maximum Gasteiger partial charge on any atom is 0.518 e. The normalized spacial score (nSPS) is 10.1. The lowest BCUT2D eigenvalue weighted by Gasteiger charge is -1.98. The monoisotopic (exact) mass is 220 g/mol. The maximum atomic E-state index is 10.4. The van der Waals surface area contributed by atoms with Crippen LogP contribution in [0.5, 0.6) is 0 Å². The summed E-state index contributed by atoms with van der Waals surface area (Å²) in [5.74, 6) is -0.209. The summed E-state index contributed by atoms with van der Waals surface area (Å²) < 4.78 is 13.6. The molecule has 0 fully saturated rings. The molecule has 0 saturated carbocycles. The second-order valence-electron chi connectivity index (χ2n) is 2.60. The highest BCUT2D eigenvalue weighted by atomic mass is 35.5. The van der Waals surface area contributed by atoms with Gasteiger partial charge in [0.25, 0.3) is 0 Å². The van der Waals surface area contributed by atoms with E-state index >= 15 is 0 Å². The first kappa shape index (κ1) is 10.8. The van der Waals surface area contributed by atoms with Gasteiger partial charge in [-0.05, 0) is 12.8 Å². The minimum absolute atomic E-state index is 0.268. The van der Waals surface area contributed by atoms with Gasteiger partial charge in [-0.2, -0.15) is 0 Å². The highest BCUT2D eigenvalue weighted by molar-refractivity contribution is 6.61. The van der Waals surface area contributed by atoms with E-state index in [0.29, 0.717) is 18.6 Å². The number of carbonyl (C=O) groups is 1. The fourth-order valence-corrected chi connectivity index (χ4v) is 1.01. The molecule has 0 aliphatic carbocycles. The van der Waals surface area contributed by atoms with Crippen molar-refractivity contribution in [3.63, 3.8) is 0 Å². The zero-order valence-corrected chi connectivity index (χ0v) is 8.08. The second-order valence-corrected chi connectivity index (χ2v) is 2.91. The van der Waals surface area contributed by atoms with Crippen LogP contribution in [0.15, 0.2) is 19.9 Å². The Balaban J connectivity index is 2.10. The quantitative estimate of drug-likeness (QED) is 0.560. The van der Waals surface area contributed by atoms with Gasteiger partial charge in [-0.25, -0.2) is 9.59 Å². The van der Waals surface area contributed by atoms with Gasteiger partial charge in [0.1, 0.15) is 12.0 Å². The third-order valence-corrected chi connectivity index (χ3v) is 1.64. The van der Waals surface area contributed by atoms with E-state index < -0.39 is 11.3 Å². The lowest BCUT2D eigenvalue weighted by molar-refractivity contribution is 0.171. The Bertz CT molecular complexity index is 340. The van der Waals surface area contributed by atoms with Crippen molar-refractivity contribution in [1.29, 1.82) is 0 Å². The number of unbranched alkanes of at least 4 members (excludes halogenated alkanes) is 1. The van der Waals surface area contributed by atoms with E-state index in [0.717, 1.165) is 6.42 Å². The van der Waals surface area contributed by atoms with Crippen molar-refractivity contribution in [1.82, 2.24) is 0 Å². The highest BCUT2D eigenvalue weighted by Crippen LogP contribution is 2.03. The number of halogens is 1. The van der Waals surface area contributed by atoms with E-state index in [2.05, 4.69) is 13.6 Å². The van der Waals surface area contributed by atoms with E-state index in [4.69, 9.17) is 11.6 Å². The van der Waals surface area contributed by atoms with Crippen molar-refractivity contribution in [2.45, 2.75) is 19.3 Å². The van der Waals surface area contributed by atoms with Crippen LogP contribution >= 0.6 is 11.6 Å². The van der Waals surface area contributed by atoms with Gasteiger partial charge in [0.15, 0.2) is 0 Å². The van der Waals surface area contributed by atoms with Crippen molar-refractivity contribution in [3.8, 4) is 0 Å². The third-order valence-electron chi connectivity index (χ3n) is 1.53. The van der Waals surface area contributed by atoms with E-state index in [9.17, 15) is 9.59 Å². The molecule has 0 N–H and O–H groups in total. The summed E-state index contributed by atoms with van der Waals surface area (Å²) in [7, 11) is 0. The Kier molecular flexibility index (Phi) is 4.25. The number of rotatable bonds is 5. The van der Waals surface area contributed by atoms with E-state index in [1.165, 1.54) is 6.26 Å². The van der Waals surface area contributed by atoms with E-state index in [1.807, 2.05) is 0 Å². The van der Waals surface area contributed by atoms with Crippen LogP contribution in [0.1, 0.15) is 18.6 Å². The van der Waals surface area contributed by atoms with Crippen LogP contribution in [0, 0.1) is 0 Å². The summed E-state index contributed by atoms with van der Waals surface area (Å²) in [4.78, 5) is 20.6. The van der Waals surface area contributed by atoms with Gasteiger partial charge in [-0.15, -0.1) is 0 Å². The average Bonchev–Trinajstić information content (AvgIpc) is 2.50. The Hall–Kier alpha value is -1.23. The molecule has 0 atom stereocenters. The summed E-state index contributed by atoms with van der Waals surface area (Å²) >= 11 is 4.94. The molecule has 0 unspecified atom stereocenters. The third kappa shape index (κ3) is 4.13. The Morgan fingerprint density at radius 3 is 2.86 bits per heavy atom. The van der Waals surface area contributed by atoms with Crippen molar-refractivity contribution >= 4 is 17.0 Å². The molecule has 0 amide bonds. The molecule has 6 heteroatoms. The molecule has 0 bridgehead atoms. The number of carbonyl (C=O) groups excluding carboxylic acids is 1. The van der Waals surface area contributed by atoms with Gasteiger partial charge in [0.2, 0.25) is 0 Å². The summed E-state index contributed by atoms with van der Waals surface area (Å²) in [5.41, 5.74) is -0.806. The van der Waals surface area contributed by atoms with Crippen LogP contribution in [0.4, 0.5) is 4.79 Å². The summed E-state index contributed by atoms with van der Waals surface area (Å²) in [6.45, 7) is 0.268. The standard InChI is InChI=1S/C8H9ClO5/c9-7(10)12-4-2-1-3-6-5-13-8(11)14-6/h5H,1-4H2. The summed E-state index contributed by atoms with van der Waals surface area (Å²) in [5, 5.41) is 0. The average molecular weight is 221 g/mol. The first-order valence-corrected chi connectivity index (χ1v) is 4.46. The molecule has 0 aliphatic rings. The maximum absolute atomic E-state index is 10.4. The zero-order valence-electron chi connectivity index (χ0n) is 7.32. The number of hydrogen-bond donors (Lipinski definition) is 0. The van der Waals surface area contributed by atoms with Crippen molar-refractivity contribution < 1.29 is 18.4 Å². The molecular formula is C8H9ClO5. The first-order chi connectivity index (χ1) is 6.68. The predicted molar refractivity (Wildman–Crippen MR) is 47.4 cm³/mol. The van der Waals surface area contributed by atoms with Crippen LogP contribution in [0.25, 0.3) is 0 Å². The van der Waals surface area contributed by atoms with Gasteiger partial charge < -0.3 is 13.6 Å². The second kappa shape index (κ2) is 5.49. The first-order valence-electron chi connectivity index (χ1n) is 4.08. The van der Waals surface area contributed by atoms with Crippen LogP contribution in [-0.2, 0) is 11.2 Å². The zero-order chi connectivity index (χ0) is 10.4. The summed E-state index contributed by atoms with van der Waals surface area (Å²) in [6, 6.07) is 0. The molecule has 0 saturated heterocycles. The lowest BCUT2D eigenvalue weighted by atomic mass is 10.2. The number of aryl methyl sites for hydroxylation is 1. The molecule has 78 valence electrons. The highest BCUT2D eigenvalue weighted by Gasteiger charge is 2.01. The molecule has 0 spiro atoms. The van der Waals surface area contributed by atoms with Gasteiger partial charge in [0, 0.05) is 18.0 Å². The van der Waals surface area contributed by atoms with Crippen LogP contribution in [-0.4, -0.2) is 12.0 Å². The minimum Gasteiger partial charge on any atom is -0.454 e. The molecule has 1 heterocycles. The van der Waals surface area contributed by atoms with Crippen molar-refractivity contribution in [2.24, 2.45) is 0 Å². The molecule has 0 aromatic carbocycles. The minimum atomic E-state index is -0.806. The van der Waals surface area contributed by atoms with Gasteiger partial charge in [0.05, 0.1) is 6.61 Å². The number of hydrogen-bond acceptors (Lipinski definition) is 5. The smallest absolute Gasteiger partial charge is 0.454 e. The Labute approximate surface area is 84.6 Å². The van der Waals surface area contributed by atoms with Crippen molar-refractivity contribution in [3.05, 3.63) is 22.6 Å². The predicted octanol–water partition coefficient (Wildman–Crippen LogP) is 1.93.